The second kappa shape index (κ2) is 8.89. The highest BCUT2D eigenvalue weighted by Crippen LogP contribution is 2.63. The molecule has 0 unspecified atom stereocenters. The van der Waals surface area contributed by atoms with Gasteiger partial charge in [0.05, 0.1) is 0 Å². The van der Waals surface area contributed by atoms with E-state index >= 15 is 0 Å². The number of nitrogens with zero attached hydrogens (tertiary/aromatic N) is 1. The van der Waals surface area contributed by atoms with E-state index in [-0.39, 0.29) is 5.91 Å². The van der Waals surface area contributed by atoms with E-state index in [0.29, 0.717) is 10.3 Å². The van der Waals surface area contributed by atoms with Gasteiger partial charge in [-0.05, 0) is 36.4 Å². The largest absolute Gasteiger partial charge is 0.317 e. The highest BCUT2D eigenvalue weighted by Gasteiger charge is 2.51. The van der Waals surface area contributed by atoms with Crippen molar-refractivity contribution in [1.29, 1.82) is 5.26 Å². The lowest BCUT2D eigenvalue weighted by molar-refractivity contribution is -0.118. The quantitative estimate of drug-likeness (QED) is 0.387. The Morgan fingerprint density at radius 3 is 1.46 bits per heavy atom. The Morgan fingerprint density at radius 2 is 1.18 bits per heavy atom. The fourth-order valence-corrected chi connectivity index (χ4v) is 8.01. The van der Waals surface area contributed by atoms with E-state index < -0.39 is 7.26 Å². The minimum atomic E-state index is -2.55. The van der Waals surface area contributed by atoms with Gasteiger partial charge in [0.25, 0.3) is 0 Å². The molecule has 0 aliphatic rings. The lowest BCUT2D eigenvalue weighted by Gasteiger charge is -2.27. The molecule has 5 heteroatoms. The molecule has 0 aliphatic heterocycles. The summed E-state index contributed by atoms with van der Waals surface area (Å²) in [6.45, 7) is 1.42. The lowest BCUT2D eigenvalue weighted by Crippen LogP contribution is -2.33. The molecular formula is C23H20N2OPS+. The molecule has 0 bridgehead atoms. The highest BCUT2D eigenvalue weighted by atomic mass is 32.1. The first kappa shape index (κ1) is 19.9. The van der Waals surface area contributed by atoms with Crippen LogP contribution in [0.2, 0.25) is 0 Å². The molecule has 3 aromatic carbocycles. The van der Waals surface area contributed by atoms with Crippen LogP contribution in [0, 0.1) is 11.3 Å². The van der Waals surface area contributed by atoms with Crippen LogP contribution >= 0.6 is 19.9 Å². The van der Waals surface area contributed by atoms with E-state index in [9.17, 15) is 10.1 Å². The van der Waals surface area contributed by atoms with Crippen LogP contribution in [0.5, 0.6) is 0 Å². The average molecular weight is 403 g/mol. The Labute approximate surface area is 171 Å². The third-order valence-electron chi connectivity index (χ3n) is 4.39. The maximum absolute atomic E-state index is 11.7. The van der Waals surface area contributed by atoms with Gasteiger partial charge in [-0.2, -0.15) is 5.26 Å². The van der Waals surface area contributed by atoms with Crippen molar-refractivity contribution in [2.75, 3.05) is 0 Å². The molecule has 0 spiro atoms. The summed E-state index contributed by atoms with van der Waals surface area (Å²) in [5, 5.41) is 16.8. The van der Waals surface area contributed by atoms with Crippen molar-refractivity contribution in [3.05, 3.63) is 101 Å². The molecule has 3 aromatic rings. The Bertz CT molecular complexity index is 932. The molecule has 0 atom stereocenters. The Hall–Kier alpha value is -2.86. The SMILES string of the molecule is CC(=O)NC(S)=C(C#N)[P+](c1ccccc1)(c1ccccc1)c1ccccc1. The smallest absolute Gasteiger partial charge is 0.221 e. The number of hydrogen-bond acceptors (Lipinski definition) is 3. The average Bonchev–Trinajstić information content (AvgIpc) is 2.73. The van der Waals surface area contributed by atoms with Crippen LogP contribution in [-0.2, 0) is 4.79 Å². The zero-order valence-corrected chi connectivity index (χ0v) is 17.2. The molecule has 1 amide bonds. The van der Waals surface area contributed by atoms with Gasteiger partial charge in [0.15, 0.2) is 7.26 Å². The molecular weight excluding hydrogens is 383 g/mol. The van der Waals surface area contributed by atoms with E-state index in [1.165, 1.54) is 6.92 Å². The van der Waals surface area contributed by atoms with Crippen molar-refractivity contribution in [3.63, 3.8) is 0 Å². The summed E-state index contributed by atoms with van der Waals surface area (Å²) in [7, 11) is -2.55. The van der Waals surface area contributed by atoms with Crippen molar-refractivity contribution in [2.45, 2.75) is 6.92 Å². The third-order valence-corrected chi connectivity index (χ3v) is 9.11. The van der Waals surface area contributed by atoms with Gasteiger partial charge in [0, 0.05) is 6.92 Å². The fraction of sp³-hybridized carbons (Fsp3) is 0.0435. The first-order chi connectivity index (χ1) is 13.6. The van der Waals surface area contributed by atoms with Crippen LogP contribution in [0.15, 0.2) is 101 Å². The molecule has 3 nitrogen and oxygen atoms in total. The van der Waals surface area contributed by atoms with E-state index in [2.05, 4.69) is 24.0 Å². The Balaban J connectivity index is 2.48. The maximum atomic E-state index is 11.7. The molecule has 3 rings (SSSR count). The number of carbonyl (C=O) groups excluding carboxylic acids is 1. The van der Waals surface area contributed by atoms with Crippen molar-refractivity contribution in [2.24, 2.45) is 0 Å². The standard InChI is InChI=1S/C23H19N2OPS/c1-18(26)25-23(28)22(17-24)27(19-11-5-2-6-12-19,20-13-7-3-8-14-20)21-15-9-4-10-16-21/h2-16H,1H3,(H-,25,26,28)/p+1. The van der Waals surface area contributed by atoms with Crippen molar-refractivity contribution in [1.82, 2.24) is 5.32 Å². The number of nitriles is 1. The summed E-state index contributed by atoms with van der Waals surface area (Å²) < 4.78 is 0. The summed E-state index contributed by atoms with van der Waals surface area (Å²) in [5.41, 5.74) is 0. The molecule has 1 N–H and O–H groups in total. The number of amides is 1. The summed E-state index contributed by atoms with van der Waals surface area (Å²) in [6.07, 6.45) is 0. The summed E-state index contributed by atoms with van der Waals surface area (Å²) in [6, 6.07) is 32.3. The van der Waals surface area contributed by atoms with Gasteiger partial charge in [-0.1, -0.05) is 54.6 Å². The van der Waals surface area contributed by atoms with Gasteiger partial charge in [0.1, 0.15) is 27.0 Å². The first-order valence-electron chi connectivity index (χ1n) is 8.78. The van der Waals surface area contributed by atoms with E-state index in [0.717, 1.165) is 15.9 Å². The number of rotatable bonds is 5. The van der Waals surface area contributed by atoms with Crippen LogP contribution in [-0.4, -0.2) is 5.91 Å². The van der Waals surface area contributed by atoms with E-state index in [1.54, 1.807) is 0 Å². The predicted octanol–water partition coefficient (Wildman–Crippen LogP) is 3.74. The molecule has 0 aromatic heterocycles. The molecule has 0 radical (unpaired) electrons. The van der Waals surface area contributed by atoms with Crippen molar-refractivity contribution >= 4 is 41.7 Å². The van der Waals surface area contributed by atoms with Crippen LogP contribution < -0.4 is 21.2 Å². The third kappa shape index (κ3) is 3.73. The number of nitrogens with one attached hydrogen (secondary N) is 1. The zero-order valence-electron chi connectivity index (χ0n) is 15.4. The lowest BCUT2D eigenvalue weighted by atomic mass is 10.4. The number of thiol groups is 1. The van der Waals surface area contributed by atoms with Crippen LogP contribution in [0.3, 0.4) is 0 Å². The van der Waals surface area contributed by atoms with Gasteiger partial charge in [0.2, 0.25) is 11.2 Å². The number of carbonyl (C=O) groups is 1. The topological polar surface area (TPSA) is 52.9 Å². The molecule has 0 saturated carbocycles. The number of hydrogen-bond donors (Lipinski definition) is 2. The van der Waals surface area contributed by atoms with Crippen molar-refractivity contribution in [3.8, 4) is 6.07 Å². The van der Waals surface area contributed by atoms with Gasteiger partial charge in [-0.15, -0.1) is 12.6 Å². The summed E-state index contributed by atoms with van der Waals surface area (Å²) in [4.78, 5) is 11.7. The molecule has 138 valence electrons. The van der Waals surface area contributed by atoms with E-state index in [1.807, 2.05) is 91.0 Å². The van der Waals surface area contributed by atoms with Gasteiger partial charge < -0.3 is 5.32 Å². The second-order valence-corrected chi connectivity index (χ2v) is 9.95. The minimum Gasteiger partial charge on any atom is -0.317 e. The predicted molar refractivity (Wildman–Crippen MR) is 121 cm³/mol. The second-order valence-electron chi connectivity index (χ2n) is 6.17. The molecule has 0 aliphatic carbocycles. The first-order valence-corrected chi connectivity index (χ1v) is 11.0. The Kier molecular flexibility index (Phi) is 6.31. The number of benzene rings is 3. The Morgan fingerprint density at radius 1 is 0.821 bits per heavy atom. The van der Waals surface area contributed by atoms with E-state index in [4.69, 9.17) is 0 Å². The van der Waals surface area contributed by atoms with Crippen LogP contribution in [0.4, 0.5) is 0 Å². The molecule has 28 heavy (non-hydrogen) atoms. The van der Waals surface area contributed by atoms with Crippen LogP contribution in [0.25, 0.3) is 0 Å². The maximum Gasteiger partial charge on any atom is 0.221 e. The van der Waals surface area contributed by atoms with Gasteiger partial charge in [-0.3, -0.25) is 4.79 Å². The van der Waals surface area contributed by atoms with Gasteiger partial charge >= 0.3 is 0 Å². The molecule has 0 heterocycles. The number of allylic oxidation sites excluding steroid dienone is 1. The monoisotopic (exact) mass is 403 g/mol. The summed E-state index contributed by atoms with van der Waals surface area (Å²) >= 11 is 4.54. The van der Waals surface area contributed by atoms with Crippen molar-refractivity contribution < 1.29 is 4.79 Å². The minimum absolute atomic E-state index is 0.259. The summed E-state index contributed by atoms with van der Waals surface area (Å²) in [5.74, 6) is -0.259. The highest BCUT2D eigenvalue weighted by molar-refractivity contribution is 8.00. The molecule has 0 fully saturated rings. The zero-order chi connectivity index (χ0) is 20.0. The normalized spacial score (nSPS) is 11.9. The van der Waals surface area contributed by atoms with Gasteiger partial charge in [-0.25, -0.2) is 0 Å². The molecule has 0 saturated heterocycles. The van der Waals surface area contributed by atoms with Crippen LogP contribution in [0.1, 0.15) is 6.92 Å². The fourth-order valence-electron chi connectivity index (χ4n) is 3.30.